The van der Waals surface area contributed by atoms with Gasteiger partial charge in [0.1, 0.15) is 0 Å². The lowest BCUT2D eigenvalue weighted by molar-refractivity contribution is 0.115. The first-order chi connectivity index (χ1) is 9.20. The van der Waals surface area contributed by atoms with E-state index in [1.54, 1.807) is 0 Å². The van der Waals surface area contributed by atoms with Gasteiger partial charge in [-0.2, -0.15) is 0 Å². The third-order valence-electron chi connectivity index (χ3n) is 4.58. The number of hydrogen-bond acceptors (Lipinski definition) is 2. The predicted octanol–water partition coefficient (Wildman–Crippen LogP) is 3.51. The van der Waals surface area contributed by atoms with Gasteiger partial charge in [-0.25, -0.2) is 0 Å². The second-order valence-corrected chi connectivity index (χ2v) is 6.40. The molecule has 0 bridgehead atoms. The summed E-state index contributed by atoms with van der Waals surface area (Å²) in [6.45, 7) is 5.97. The third kappa shape index (κ3) is 2.19. The van der Waals surface area contributed by atoms with E-state index in [-0.39, 0.29) is 5.41 Å². The van der Waals surface area contributed by atoms with Gasteiger partial charge in [-0.3, -0.25) is 0 Å². The fraction of sp³-hybridized carbons (Fsp3) is 0.600. The van der Waals surface area contributed by atoms with E-state index in [0.29, 0.717) is 21.9 Å². The number of hydrogen-bond donors (Lipinski definition) is 1. The second kappa shape index (κ2) is 5.25. The molecular weight excluding hydrogens is 281 g/mol. The molecule has 1 saturated carbocycles. The van der Waals surface area contributed by atoms with Gasteiger partial charge in [-0.05, 0) is 42.5 Å². The molecule has 3 atom stereocenters. The summed E-state index contributed by atoms with van der Waals surface area (Å²) in [4.78, 5) is 0. The zero-order valence-corrected chi connectivity index (χ0v) is 12.6. The van der Waals surface area contributed by atoms with Crippen LogP contribution >= 0.6 is 23.2 Å². The highest BCUT2D eigenvalue weighted by molar-refractivity contribution is 6.42. The molecule has 2 aliphatic rings. The molecule has 0 aromatic heterocycles. The summed E-state index contributed by atoms with van der Waals surface area (Å²) in [5.41, 5.74) is 1.53. The minimum Gasteiger partial charge on any atom is -0.381 e. The average Bonchev–Trinajstić information content (AvgIpc) is 2.81. The standard InChI is InChI=1S/C15H19Cl2NO/c1-2-5-19-8-12-11-7-18-9-15(11,12)10-3-4-13(16)14(17)6-10/h3-4,6,11-12,18H,2,5,7-9H2,1H3/t11-,12-,15+/m1/s1. The molecule has 19 heavy (non-hydrogen) atoms. The second-order valence-electron chi connectivity index (χ2n) is 5.59. The summed E-state index contributed by atoms with van der Waals surface area (Å²) in [5.74, 6) is 1.30. The van der Waals surface area contributed by atoms with E-state index in [0.717, 1.165) is 32.7 Å². The molecule has 1 aliphatic carbocycles. The summed E-state index contributed by atoms with van der Waals surface area (Å²) < 4.78 is 5.76. The van der Waals surface area contributed by atoms with E-state index in [2.05, 4.69) is 18.3 Å². The zero-order chi connectivity index (χ0) is 13.5. The Morgan fingerprint density at radius 1 is 1.37 bits per heavy atom. The van der Waals surface area contributed by atoms with Crippen molar-refractivity contribution in [2.45, 2.75) is 18.8 Å². The summed E-state index contributed by atoms with van der Waals surface area (Å²) in [6.07, 6.45) is 1.08. The molecule has 1 N–H and O–H groups in total. The third-order valence-corrected chi connectivity index (χ3v) is 5.32. The van der Waals surface area contributed by atoms with E-state index in [1.807, 2.05) is 12.1 Å². The number of piperidine rings is 1. The fourth-order valence-corrected chi connectivity index (χ4v) is 3.86. The van der Waals surface area contributed by atoms with Crippen LogP contribution in [0.3, 0.4) is 0 Å². The molecule has 2 fully saturated rings. The fourth-order valence-electron chi connectivity index (χ4n) is 3.56. The van der Waals surface area contributed by atoms with Gasteiger partial charge in [0, 0.05) is 18.6 Å². The van der Waals surface area contributed by atoms with Gasteiger partial charge in [-0.15, -0.1) is 0 Å². The Morgan fingerprint density at radius 3 is 2.95 bits per heavy atom. The maximum absolute atomic E-state index is 6.16. The van der Waals surface area contributed by atoms with E-state index in [1.165, 1.54) is 5.56 Å². The maximum Gasteiger partial charge on any atom is 0.0595 e. The van der Waals surface area contributed by atoms with Crippen molar-refractivity contribution in [3.05, 3.63) is 33.8 Å². The molecule has 0 unspecified atom stereocenters. The average molecular weight is 300 g/mol. The van der Waals surface area contributed by atoms with Gasteiger partial charge >= 0.3 is 0 Å². The summed E-state index contributed by atoms with van der Waals surface area (Å²) in [5, 5.41) is 4.76. The van der Waals surface area contributed by atoms with Crippen LogP contribution in [0.4, 0.5) is 0 Å². The van der Waals surface area contributed by atoms with Crippen LogP contribution in [0.25, 0.3) is 0 Å². The Morgan fingerprint density at radius 2 is 2.21 bits per heavy atom. The molecule has 1 aromatic rings. The molecule has 0 radical (unpaired) electrons. The summed E-state index contributed by atoms with van der Waals surface area (Å²) >= 11 is 12.2. The first kappa shape index (κ1) is 13.7. The number of rotatable bonds is 5. The number of fused-ring (bicyclic) bond motifs is 1. The van der Waals surface area contributed by atoms with Crippen molar-refractivity contribution in [3.63, 3.8) is 0 Å². The lowest BCUT2D eigenvalue weighted by Gasteiger charge is -2.17. The molecule has 1 saturated heterocycles. The maximum atomic E-state index is 6.16. The smallest absolute Gasteiger partial charge is 0.0595 e. The van der Waals surface area contributed by atoms with Crippen LogP contribution in [0.5, 0.6) is 0 Å². The SMILES string of the molecule is CCCOC[C@@H]1[C@H]2CNC[C@]21c1ccc(Cl)c(Cl)c1. The summed E-state index contributed by atoms with van der Waals surface area (Å²) in [6, 6.07) is 6.06. The Bertz CT molecular complexity index is 479. The predicted molar refractivity (Wildman–Crippen MR) is 79.1 cm³/mol. The van der Waals surface area contributed by atoms with Crippen LogP contribution in [-0.2, 0) is 10.2 Å². The van der Waals surface area contributed by atoms with Crippen molar-refractivity contribution < 1.29 is 4.74 Å². The van der Waals surface area contributed by atoms with Crippen LogP contribution in [0.15, 0.2) is 18.2 Å². The molecule has 1 heterocycles. The van der Waals surface area contributed by atoms with Crippen molar-refractivity contribution >= 4 is 23.2 Å². The summed E-state index contributed by atoms with van der Waals surface area (Å²) in [7, 11) is 0. The molecule has 2 nitrogen and oxygen atoms in total. The molecule has 3 rings (SSSR count). The van der Waals surface area contributed by atoms with E-state index in [9.17, 15) is 0 Å². The number of ether oxygens (including phenoxy) is 1. The van der Waals surface area contributed by atoms with Gasteiger partial charge in [0.25, 0.3) is 0 Å². The van der Waals surface area contributed by atoms with Gasteiger partial charge in [0.05, 0.1) is 16.7 Å². The minimum absolute atomic E-state index is 0.224. The Hall–Kier alpha value is -0.280. The number of halogens is 2. The first-order valence-electron chi connectivity index (χ1n) is 6.94. The van der Waals surface area contributed by atoms with Crippen LogP contribution in [-0.4, -0.2) is 26.3 Å². The van der Waals surface area contributed by atoms with Crippen molar-refractivity contribution in [1.82, 2.24) is 5.32 Å². The van der Waals surface area contributed by atoms with Crippen LogP contribution in [0, 0.1) is 11.8 Å². The van der Waals surface area contributed by atoms with Gasteiger partial charge < -0.3 is 10.1 Å². The van der Waals surface area contributed by atoms with Crippen molar-refractivity contribution in [2.75, 3.05) is 26.3 Å². The molecule has 4 heteroatoms. The number of nitrogens with one attached hydrogen (secondary N) is 1. The lowest BCUT2D eigenvalue weighted by Crippen LogP contribution is -2.25. The van der Waals surface area contributed by atoms with E-state index >= 15 is 0 Å². The van der Waals surface area contributed by atoms with Crippen molar-refractivity contribution in [3.8, 4) is 0 Å². The van der Waals surface area contributed by atoms with E-state index < -0.39 is 0 Å². The molecular formula is C15H19Cl2NO. The Balaban J connectivity index is 1.79. The number of benzene rings is 1. The van der Waals surface area contributed by atoms with Crippen molar-refractivity contribution in [1.29, 1.82) is 0 Å². The largest absolute Gasteiger partial charge is 0.381 e. The molecule has 1 aliphatic heterocycles. The minimum atomic E-state index is 0.224. The highest BCUT2D eigenvalue weighted by Gasteiger charge is 2.67. The van der Waals surface area contributed by atoms with Gasteiger partial charge in [0.2, 0.25) is 0 Å². The first-order valence-corrected chi connectivity index (χ1v) is 7.69. The topological polar surface area (TPSA) is 21.3 Å². The van der Waals surface area contributed by atoms with E-state index in [4.69, 9.17) is 27.9 Å². The quantitative estimate of drug-likeness (QED) is 0.840. The van der Waals surface area contributed by atoms with Gasteiger partial charge in [0.15, 0.2) is 0 Å². The Labute approximate surface area is 124 Å². The zero-order valence-electron chi connectivity index (χ0n) is 11.1. The molecule has 104 valence electrons. The van der Waals surface area contributed by atoms with Crippen LogP contribution in [0.1, 0.15) is 18.9 Å². The van der Waals surface area contributed by atoms with Crippen molar-refractivity contribution in [2.24, 2.45) is 11.8 Å². The normalized spacial score (nSPS) is 32.4. The molecule has 1 aromatic carbocycles. The van der Waals surface area contributed by atoms with Gasteiger partial charge in [-0.1, -0.05) is 36.2 Å². The Kier molecular flexibility index (Phi) is 3.78. The monoisotopic (exact) mass is 299 g/mol. The highest BCUT2D eigenvalue weighted by Crippen LogP contribution is 2.62. The van der Waals surface area contributed by atoms with Crippen LogP contribution < -0.4 is 5.32 Å². The highest BCUT2D eigenvalue weighted by atomic mass is 35.5. The molecule has 0 spiro atoms. The van der Waals surface area contributed by atoms with Crippen LogP contribution in [0.2, 0.25) is 10.0 Å². The molecule has 0 amide bonds. The lowest BCUT2D eigenvalue weighted by atomic mass is 9.93.